The van der Waals surface area contributed by atoms with E-state index in [1.807, 2.05) is 82.7 Å². The number of pyridine rings is 1. The molecule has 0 saturated carbocycles. The summed E-state index contributed by atoms with van der Waals surface area (Å²) in [7, 11) is 0. The van der Waals surface area contributed by atoms with Gasteiger partial charge in [-0.1, -0.05) is 48.0 Å². The number of rotatable bonds is 5. The molecule has 1 aromatic heterocycles. The van der Waals surface area contributed by atoms with Crippen molar-refractivity contribution >= 4 is 34.9 Å². The normalized spacial score (nSPS) is 14.8. The van der Waals surface area contributed by atoms with Gasteiger partial charge in [-0.05, 0) is 66.1 Å². The van der Waals surface area contributed by atoms with Gasteiger partial charge in [0.2, 0.25) is 0 Å². The second kappa shape index (κ2) is 11.6. The van der Waals surface area contributed by atoms with Gasteiger partial charge in [0.15, 0.2) is 0 Å². The number of nitrogens with one attached hydrogen (secondary N) is 1. The van der Waals surface area contributed by atoms with Gasteiger partial charge in [-0.3, -0.25) is 9.59 Å². The minimum absolute atomic E-state index is 0.0113. The molecule has 6 rings (SSSR count). The Hall–Kier alpha value is -4.36. The highest BCUT2D eigenvalue weighted by Crippen LogP contribution is 2.33. The smallest absolute Gasteiger partial charge is 0.253 e. The Bertz CT molecular complexity index is 1570. The third-order valence-electron chi connectivity index (χ3n) is 7.89. The van der Waals surface area contributed by atoms with Gasteiger partial charge >= 0.3 is 0 Å². The first kappa shape index (κ1) is 26.8. The molecule has 1 saturated heterocycles. The number of fused-ring (bicyclic) bond motifs is 1. The Morgan fingerprint density at radius 3 is 2.15 bits per heavy atom. The molecule has 0 atom stereocenters. The molecular weight excluding hydrogens is 534 g/mol. The summed E-state index contributed by atoms with van der Waals surface area (Å²) >= 11 is 6.28. The van der Waals surface area contributed by atoms with Crippen LogP contribution in [0.1, 0.15) is 31.8 Å². The Balaban J connectivity index is 1.13. The molecule has 8 heteroatoms. The number of hydrogen-bond acceptors (Lipinski definition) is 5. The van der Waals surface area contributed by atoms with Crippen LogP contribution in [0.2, 0.25) is 5.02 Å². The molecule has 0 unspecified atom stereocenters. The van der Waals surface area contributed by atoms with Gasteiger partial charge in [0.25, 0.3) is 11.8 Å². The van der Waals surface area contributed by atoms with E-state index < -0.39 is 0 Å². The van der Waals surface area contributed by atoms with E-state index in [4.69, 9.17) is 16.6 Å². The minimum atomic E-state index is -0.0146. The quantitative estimate of drug-likeness (QED) is 0.334. The molecule has 0 radical (unpaired) electrons. The van der Waals surface area contributed by atoms with E-state index >= 15 is 0 Å². The van der Waals surface area contributed by atoms with E-state index in [0.29, 0.717) is 37.3 Å². The standard InChI is InChI=1S/C33H32ClN5O2/c1-23-7-12-29(34)19-28(23)22-39-14-13-35-31-30(39)20-27(21-36-31)24-8-10-26(11-9-24)33(41)38-17-15-37(16-18-38)32(40)25-5-3-2-4-6-25/h2-12,19-21H,13-18,22H2,1H3,(H,35,36). The average Bonchev–Trinajstić information content (AvgIpc) is 3.02. The highest BCUT2D eigenvalue weighted by molar-refractivity contribution is 6.30. The van der Waals surface area contributed by atoms with Crippen LogP contribution < -0.4 is 10.2 Å². The molecule has 1 N–H and O–H groups in total. The maximum absolute atomic E-state index is 13.2. The van der Waals surface area contributed by atoms with Gasteiger partial charge in [-0.15, -0.1) is 0 Å². The number of carbonyl (C=O) groups excluding carboxylic acids is 2. The highest BCUT2D eigenvalue weighted by atomic mass is 35.5. The molecule has 7 nitrogen and oxygen atoms in total. The fourth-order valence-corrected chi connectivity index (χ4v) is 5.66. The van der Waals surface area contributed by atoms with E-state index in [2.05, 4.69) is 29.3 Å². The third-order valence-corrected chi connectivity index (χ3v) is 8.13. The number of piperazine rings is 1. The van der Waals surface area contributed by atoms with Crippen molar-refractivity contribution in [1.29, 1.82) is 0 Å². The fourth-order valence-electron chi connectivity index (χ4n) is 5.46. The summed E-state index contributed by atoms with van der Waals surface area (Å²) in [5, 5.41) is 4.15. The lowest BCUT2D eigenvalue weighted by molar-refractivity contribution is 0.0535. The number of halogens is 1. The van der Waals surface area contributed by atoms with E-state index in [1.54, 1.807) is 0 Å². The lowest BCUT2D eigenvalue weighted by Crippen LogP contribution is -2.50. The van der Waals surface area contributed by atoms with Crippen LogP contribution in [0.15, 0.2) is 85.1 Å². The number of hydrogen-bond donors (Lipinski definition) is 1. The van der Waals surface area contributed by atoms with E-state index in [9.17, 15) is 9.59 Å². The van der Waals surface area contributed by atoms with Gasteiger partial charge in [0, 0.05) is 73.7 Å². The fraction of sp³-hybridized carbons (Fsp3) is 0.242. The Labute approximate surface area is 245 Å². The summed E-state index contributed by atoms with van der Waals surface area (Å²) < 4.78 is 0. The largest absolute Gasteiger partial charge is 0.367 e. The Kier molecular flexibility index (Phi) is 7.61. The van der Waals surface area contributed by atoms with Crippen molar-refractivity contribution in [2.24, 2.45) is 0 Å². The summed E-state index contributed by atoms with van der Waals surface area (Å²) in [6.45, 7) is 6.63. The third kappa shape index (κ3) is 5.77. The zero-order chi connectivity index (χ0) is 28.3. The number of aryl methyl sites for hydroxylation is 1. The average molecular weight is 566 g/mol. The number of benzene rings is 3. The van der Waals surface area contributed by atoms with Crippen LogP contribution in [0, 0.1) is 6.92 Å². The number of amides is 2. The van der Waals surface area contributed by atoms with E-state index in [1.165, 1.54) is 11.1 Å². The van der Waals surface area contributed by atoms with Crippen molar-refractivity contribution in [2.45, 2.75) is 13.5 Å². The van der Waals surface area contributed by atoms with E-state index in [-0.39, 0.29) is 11.8 Å². The molecule has 4 aromatic rings. The Morgan fingerprint density at radius 2 is 1.46 bits per heavy atom. The van der Waals surface area contributed by atoms with Gasteiger partial charge in [0.05, 0.1) is 5.69 Å². The summed E-state index contributed by atoms with van der Waals surface area (Å²) in [5.74, 6) is 0.868. The van der Waals surface area contributed by atoms with Crippen LogP contribution in [0.3, 0.4) is 0 Å². The molecule has 0 bridgehead atoms. The molecule has 2 aliphatic rings. The maximum atomic E-state index is 13.2. The van der Waals surface area contributed by atoms with Gasteiger partial charge in [0.1, 0.15) is 5.82 Å². The van der Waals surface area contributed by atoms with Crippen LogP contribution in [0.5, 0.6) is 0 Å². The molecule has 0 aliphatic carbocycles. The Morgan fingerprint density at radius 1 is 0.805 bits per heavy atom. The number of aromatic nitrogens is 1. The summed E-state index contributed by atoms with van der Waals surface area (Å²) in [4.78, 5) is 36.7. The number of anilines is 2. The number of nitrogens with zero attached hydrogens (tertiary/aromatic N) is 4. The van der Waals surface area contributed by atoms with Crippen LogP contribution in [0.4, 0.5) is 11.5 Å². The lowest BCUT2D eigenvalue weighted by Gasteiger charge is -2.35. The van der Waals surface area contributed by atoms with Gasteiger partial charge in [-0.2, -0.15) is 0 Å². The van der Waals surface area contributed by atoms with Crippen molar-refractivity contribution in [3.05, 3.63) is 112 Å². The van der Waals surface area contributed by atoms with Crippen molar-refractivity contribution in [2.75, 3.05) is 49.5 Å². The maximum Gasteiger partial charge on any atom is 0.253 e. The van der Waals surface area contributed by atoms with Crippen molar-refractivity contribution in [3.8, 4) is 11.1 Å². The monoisotopic (exact) mass is 565 g/mol. The van der Waals surface area contributed by atoms with Crippen LogP contribution >= 0.6 is 11.6 Å². The first-order chi connectivity index (χ1) is 20.0. The van der Waals surface area contributed by atoms with Crippen molar-refractivity contribution in [1.82, 2.24) is 14.8 Å². The molecule has 208 valence electrons. The zero-order valence-electron chi connectivity index (χ0n) is 23.0. The first-order valence-electron chi connectivity index (χ1n) is 13.9. The van der Waals surface area contributed by atoms with Crippen molar-refractivity contribution in [3.63, 3.8) is 0 Å². The molecule has 2 amide bonds. The molecule has 1 fully saturated rings. The van der Waals surface area contributed by atoms with Crippen LogP contribution in [0.25, 0.3) is 11.1 Å². The summed E-state index contributed by atoms with van der Waals surface area (Å²) in [5.41, 5.74) is 6.77. The molecule has 2 aliphatic heterocycles. The zero-order valence-corrected chi connectivity index (χ0v) is 23.8. The summed E-state index contributed by atoms with van der Waals surface area (Å²) in [6, 6.07) is 25.2. The first-order valence-corrected chi connectivity index (χ1v) is 14.3. The highest BCUT2D eigenvalue weighted by Gasteiger charge is 2.26. The predicted molar refractivity (Wildman–Crippen MR) is 164 cm³/mol. The molecule has 3 heterocycles. The van der Waals surface area contributed by atoms with Crippen molar-refractivity contribution < 1.29 is 9.59 Å². The molecular formula is C33H32ClN5O2. The molecule has 41 heavy (non-hydrogen) atoms. The molecule has 3 aromatic carbocycles. The van der Waals surface area contributed by atoms with E-state index in [0.717, 1.165) is 47.3 Å². The predicted octanol–water partition coefficient (Wildman–Crippen LogP) is 5.74. The lowest BCUT2D eigenvalue weighted by atomic mass is 10.0. The second-order valence-corrected chi connectivity index (χ2v) is 11.0. The second-order valence-electron chi connectivity index (χ2n) is 10.5. The topological polar surface area (TPSA) is 68.8 Å². The molecule has 0 spiro atoms. The minimum Gasteiger partial charge on any atom is -0.367 e. The van der Waals surface area contributed by atoms with Crippen LogP contribution in [-0.2, 0) is 6.54 Å². The van der Waals surface area contributed by atoms with Gasteiger partial charge < -0.3 is 20.0 Å². The number of carbonyl (C=O) groups is 2. The SMILES string of the molecule is Cc1ccc(Cl)cc1CN1CCNc2ncc(-c3ccc(C(=O)N4CCN(C(=O)c5ccccc5)CC4)cc3)cc21. The summed E-state index contributed by atoms with van der Waals surface area (Å²) in [6.07, 6.45) is 1.87. The van der Waals surface area contributed by atoms with Gasteiger partial charge in [-0.25, -0.2) is 4.98 Å². The van der Waals surface area contributed by atoms with Crippen LogP contribution in [-0.4, -0.2) is 65.9 Å².